The third-order valence-electron chi connectivity index (χ3n) is 3.26. The van der Waals surface area contributed by atoms with Gasteiger partial charge in [-0.2, -0.15) is 0 Å². The monoisotopic (exact) mass is 321 g/mol. The van der Waals surface area contributed by atoms with Crippen LogP contribution in [-0.4, -0.2) is 22.6 Å². The first-order chi connectivity index (χ1) is 10.5. The van der Waals surface area contributed by atoms with E-state index in [1.807, 2.05) is 0 Å². The van der Waals surface area contributed by atoms with Crippen molar-refractivity contribution < 1.29 is 17.9 Å². The van der Waals surface area contributed by atoms with E-state index in [-0.39, 0.29) is 11.4 Å². The van der Waals surface area contributed by atoms with Gasteiger partial charge in [0.05, 0.1) is 19.1 Å². The van der Waals surface area contributed by atoms with E-state index in [0.717, 1.165) is 5.56 Å². The van der Waals surface area contributed by atoms with Crippen molar-refractivity contribution in [2.24, 2.45) is 0 Å². The molecule has 0 unspecified atom stereocenters. The van der Waals surface area contributed by atoms with Crippen LogP contribution in [0.4, 0.5) is 0 Å². The van der Waals surface area contributed by atoms with Crippen molar-refractivity contribution >= 4 is 10.0 Å². The van der Waals surface area contributed by atoms with Crippen LogP contribution in [0, 0.1) is 6.92 Å². The Bertz CT molecular complexity index is 734. The highest BCUT2D eigenvalue weighted by Gasteiger charge is 2.16. The lowest BCUT2D eigenvalue weighted by molar-refractivity contribution is 0.393. The number of hydrogen-bond donors (Lipinski definition) is 1. The molecule has 0 aliphatic rings. The zero-order valence-electron chi connectivity index (χ0n) is 12.8. The molecule has 22 heavy (non-hydrogen) atoms. The second kappa shape index (κ2) is 6.81. The second-order valence-electron chi connectivity index (χ2n) is 4.81. The van der Waals surface area contributed by atoms with Gasteiger partial charge in [-0.25, -0.2) is 13.1 Å². The maximum absolute atomic E-state index is 12.4. The summed E-state index contributed by atoms with van der Waals surface area (Å²) in [5.41, 5.74) is 1.46. The minimum atomic E-state index is -3.56. The van der Waals surface area contributed by atoms with Crippen LogP contribution in [0.1, 0.15) is 11.1 Å². The summed E-state index contributed by atoms with van der Waals surface area (Å²) in [6.45, 7) is 1.92. The molecule has 0 bridgehead atoms. The molecule has 0 fully saturated rings. The zero-order valence-corrected chi connectivity index (χ0v) is 13.6. The maximum Gasteiger partial charge on any atom is 0.241 e. The van der Waals surface area contributed by atoms with Crippen molar-refractivity contribution in [3.05, 3.63) is 53.6 Å². The molecule has 0 saturated carbocycles. The third-order valence-corrected chi connectivity index (χ3v) is 4.82. The molecule has 0 aliphatic carbocycles. The first kappa shape index (κ1) is 16.3. The lowest BCUT2D eigenvalue weighted by Gasteiger charge is -2.11. The highest BCUT2D eigenvalue weighted by Crippen LogP contribution is 2.23. The molecule has 0 atom stereocenters. The van der Waals surface area contributed by atoms with Gasteiger partial charge >= 0.3 is 0 Å². The molecule has 0 aromatic heterocycles. The van der Waals surface area contributed by atoms with Gasteiger partial charge in [-0.15, -0.1) is 0 Å². The largest absolute Gasteiger partial charge is 0.497 e. The van der Waals surface area contributed by atoms with Gasteiger partial charge in [0, 0.05) is 12.6 Å². The Morgan fingerprint density at radius 1 is 1.00 bits per heavy atom. The quantitative estimate of drug-likeness (QED) is 0.888. The summed E-state index contributed by atoms with van der Waals surface area (Å²) >= 11 is 0. The normalized spacial score (nSPS) is 11.2. The topological polar surface area (TPSA) is 64.6 Å². The van der Waals surface area contributed by atoms with E-state index in [0.29, 0.717) is 17.1 Å². The summed E-state index contributed by atoms with van der Waals surface area (Å²) in [5.74, 6) is 1.23. The van der Waals surface area contributed by atoms with Crippen LogP contribution in [-0.2, 0) is 16.6 Å². The van der Waals surface area contributed by atoms with Crippen LogP contribution in [0.2, 0.25) is 0 Å². The molecule has 0 amide bonds. The van der Waals surface area contributed by atoms with Gasteiger partial charge < -0.3 is 9.47 Å². The van der Waals surface area contributed by atoms with Crippen molar-refractivity contribution in [1.29, 1.82) is 0 Å². The van der Waals surface area contributed by atoms with Gasteiger partial charge in [0.2, 0.25) is 10.0 Å². The van der Waals surface area contributed by atoms with E-state index in [1.54, 1.807) is 63.6 Å². The van der Waals surface area contributed by atoms with Gasteiger partial charge in [-0.3, -0.25) is 0 Å². The van der Waals surface area contributed by atoms with Crippen molar-refractivity contribution in [2.75, 3.05) is 14.2 Å². The molecule has 5 nitrogen and oxygen atoms in total. The average Bonchev–Trinajstić information content (AvgIpc) is 2.53. The molecular formula is C16H19NO4S. The van der Waals surface area contributed by atoms with Crippen LogP contribution < -0.4 is 14.2 Å². The first-order valence-corrected chi connectivity index (χ1v) is 8.22. The van der Waals surface area contributed by atoms with Crippen LogP contribution in [0.25, 0.3) is 0 Å². The lowest BCUT2D eigenvalue weighted by Crippen LogP contribution is -2.24. The fraction of sp³-hybridized carbons (Fsp3) is 0.250. The molecule has 118 valence electrons. The first-order valence-electron chi connectivity index (χ1n) is 6.73. The molecular weight excluding hydrogens is 302 g/mol. The Kier molecular flexibility index (Phi) is 5.05. The molecule has 0 aliphatic heterocycles. The van der Waals surface area contributed by atoms with Crippen molar-refractivity contribution in [3.8, 4) is 11.5 Å². The van der Waals surface area contributed by atoms with Crippen molar-refractivity contribution in [2.45, 2.75) is 18.4 Å². The lowest BCUT2D eigenvalue weighted by atomic mass is 10.2. The van der Waals surface area contributed by atoms with E-state index < -0.39 is 10.0 Å². The SMILES string of the molecule is COc1cc(CNS(=O)(=O)c2ccccc2C)cc(OC)c1. The highest BCUT2D eigenvalue weighted by atomic mass is 32.2. The third kappa shape index (κ3) is 3.78. The van der Waals surface area contributed by atoms with Gasteiger partial charge in [0.15, 0.2) is 0 Å². The number of methoxy groups -OCH3 is 2. The Hall–Kier alpha value is -2.05. The molecule has 1 N–H and O–H groups in total. The second-order valence-corrected chi connectivity index (χ2v) is 6.55. The zero-order chi connectivity index (χ0) is 16.2. The van der Waals surface area contributed by atoms with Crippen LogP contribution in [0.3, 0.4) is 0 Å². The van der Waals surface area contributed by atoms with Crippen LogP contribution >= 0.6 is 0 Å². The summed E-state index contributed by atoms with van der Waals surface area (Å²) in [4.78, 5) is 0.282. The van der Waals surface area contributed by atoms with Crippen molar-refractivity contribution in [3.63, 3.8) is 0 Å². The molecule has 2 aromatic carbocycles. The van der Waals surface area contributed by atoms with Crippen LogP contribution in [0.15, 0.2) is 47.4 Å². The standard InChI is InChI=1S/C16H19NO4S/c1-12-6-4-5-7-16(12)22(18,19)17-11-13-8-14(20-2)10-15(9-13)21-3/h4-10,17H,11H2,1-3H3. The number of benzene rings is 2. The van der Waals surface area contributed by atoms with Gasteiger partial charge in [-0.05, 0) is 36.2 Å². The molecule has 0 spiro atoms. The molecule has 6 heteroatoms. The molecule has 0 saturated heterocycles. The van der Waals surface area contributed by atoms with E-state index in [2.05, 4.69) is 4.72 Å². The Morgan fingerprint density at radius 3 is 2.14 bits per heavy atom. The van der Waals surface area contributed by atoms with Crippen molar-refractivity contribution in [1.82, 2.24) is 4.72 Å². The minimum Gasteiger partial charge on any atom is -0.497 e. The number of nitrogens with one attached hydrogen (secondary N) is 1. The summed E-state index contributed by atoms with van der Waals surface area (Å²) in [5, 5.41) is 0. The number of aryl methyl sites for hydroxylation is 1. The number of ether oxygens (including phenoxy) is 2. The number of hydrogen-bond acceptors (Lipinski definition) is 4. The summed E-state index contributed by atoms with van der Waals surface area (Å²) in [6.07, 6.45) is 0. The average molecular weight is 321 g/mol. The fourth-order valence-corrected chi connectivity index (χ4v) is 3.34. The highest BCUT2D eigenvalue weighted by molar-refractivity contribution is 7.89. The van der Waals surface area contributed by atoms with Gasteiger partial charge in [0.1, 0.15) is 11.5 Å². The smallest absolute Gasteiger partial charge is 0.241 e. The van der Waals surface area contributed by atoms with Gasteiger partial charge in [0.25, 0.3) is 0 Å². The predicted molar refractivity (Wildman–Crippen MR) is 84.8 cm³/mol. The molecule has 0 heterocycles. The van der Waals surface area contributed by atoms with E-state index >= 15 is 0 Å². The fourth-order valence-electron chi connectivity index (χ4n) is 2.08. The minimum absolute atomic E-state index is 0.157. The Balaban J connectivity index is 2.21. The Labute approximate surface area is 130 Å². The summed E-state index contributed by atoms with van der Waals surface area (Å²) < 4.78 is 37.7. The van der Waals surface area contributed by atoms with Gasteiger partial charge in [-0.1, -0.05) is 18.2 Å². The number of rotatable bonds is 6. The summed E-state index contributed by atoms with van der Waals surface area (Å²) in [6, 6.07) is 12.1. The maximum atomic E-state index is 12.4. The van der Waals surface area contributed by atoms with Crippen LogP contribution in [0.5, 0.6) is 11.5 Å². The van der Waals surface area contributed by atoms with E-state index in [4.69, 9.17) is 9.47 Å². The van der Waals surface area contributed by atoms with E-state index in [1.165, 1.54) is 0 Å². The summed E-state index contributed by atoms with van der Waals surface area (Å²) in [7, 11) is -0.457. The molecule has 0 radical (unpaired) electrons. The predicted octanol–water partition coefficient (Wildman–Crippen LogP) is 2.49. The molecule has 2 rings (SSSR count). The Morgan fingerprint density at radius 2 is 1.59 bits per heavy atom. The molecule has 2 aromatic rings. The number of sulfonamides is 1. The van der Waals surface area contributed by atoms with E-state index in [9.17, 15) is 8.42 Å².